The smallest absolute Gasteiger partial charge is 0.289 e. The zero-order valence-corrected chi connectivity index (χ0v) is 15.5. The van der Waals surface area contributed by atoms with Gasteiger partial charge in [0.2, 0.25) is 5.91 Å². The lowest BCUT2D eigenvalue weighted by Crippen LogP contribution is -2.32. The third kappa shape index (κ3) is 4.62. The number of carbonyl (C=O) groups excluding carboxylic acids is 1. The van der Waals surface area contributed by atoms with Gasteiger partial charge in [-0.1, -0.05) is 25.6 Å². The molecule has 24 heavy (non-hydrogen) atoms. The molecule has 0 spiro atoms. The maximum absolute atomic E-state index is 12.2. The number of nitrogen functional groups attached to an aromatic ring is 1. The van der Waals surface area contributed by atoms with Gasteiger partial charge >= 0.3 is 0 Å². The van der Waals surface area contributed by atoms with Crippen molar-refractivity contribution in [2.24, 2.45) is 5.92 Å². The summed E-state index contributed by atoms with van der Waals surface area (Å²) in [5.41, 5.74) is 7.34. The van der Waals surface area contributed by atoms with Crippen LogP contribution in [0.1, 0.15) is 44.4 Å². The molecule has 0 unspecified atom stereocenters. The molecule has 1 aromatic rings. The number of pyridine rings is 1. The molecule has 3 N–H and O–H groups in total. The van der Waals surface area contributed by atoms with Crippen molar-refractivity contribution in [1.29, 1.82) is 10.5 Å². The molecule has 6 nitrogen and oxygen atoms in total. The van der Waals surface area contributed by atoms with Crippen molar-refractivity contribution >= 4 is 23.5 Å². The molecule has 0 radical (unpaired) electrons. The molecule has 0 aliphatic carbocycles. The summed E-state index contributed by atoms with van der Waals surface area (Å²) in [5, 5.41) is 19.5. The first kappa shape index (κ1) is 19.8. The molecule has 128 valence electrons. The van der Waals surface area contributed by atoms with Crippen LogP contribution < -0.4 is 10.7 Å². The van der Waals surface area contributed by atoms with E-state index < -0.39 is 0 Å². The third-order valence-corrected chi connectivity index (χ3v) is 4.63. The molecule has 0 saturated carbocycles. The van der Waals surface area contributed by atoms with Gasteiger partial charge in [0.1, 0.15) is 23.3 Å². The molecule has 0 aliphatic heterocycles. The van der Waals surface area contributed by atoms with Gasteiger partial charge in [0, 0.05) is 18.7 Å². The zero-order valence-electron chi connectivity index (χ0n) is 14.6. The Bertz CT molecular complexity index is 684. The van der Waals surface area contributed by atoms with Crippen LogP contribution in [0.4, 0.5) is 5.82 Å². The Hall–Kier alpha value is -2.25. The fourth-order valence-electron chi connectivity index (χ4n) is 2.44. The van der Waals surface area contributed by atoms with E-state index in [1.807, 2.05) is 27.7 Å². The van der Waals surface area contributed by atoms with Crippen molar-refractivity contribution < 1.29 is 9.78 Å². The van der Waals surface area contributed by atoms with Crippen LogP contribution in [0, 0.1) is 28.6 Å². The van der Waals surface area contributed by atoms with E-state index in [1.54, 1.807) is 4.90 Å². The van der Waals surface area contributed by atoms with Gasteiger partial charge in [0.15, 0.2) is 5.03 Å². The highest BCUT2D eigenvalue weighted by Gasteiger charge is 2.24. The number of nitrogens with one attached hydrogen (secondary N) is 1. The first-order chi connectivity index (χ1) is 11.4. The maximum atomic E-state index is 12.2. The quantitative estimate of drug-likeness (QED) is 0.759. The Balaban J connectivity index is 3.21. The number of hydrogen-bond acceptors (Lipinski definition) is 5. The second-order valence-corrected chi connectivity index (χ2v) is 6.76. The molecule has 1 amide bonds. The summed E-state index contributed by atoms with van der Waals surface area (Å²) in [6.07, 6.45) is 0.586. The second kappa shape index (κ2) is 9.14. The number of thioether (sulfide) groups is 1. The number of aromatic nitrogens is 1. The standard InChI is InChI=1S/C17H23N5OS/c1-5-22(6-2)15(23)10-24-17-14(9-19)12(7-11(3)4)13(8-18)16(20)21-17/h11H,5-7,10H2,1-4H3,(H2,20,21)/p+1. The van der Waals surface area contributed by atoms with Gasteiger partial charge in [0.25, 0.3) is 5.82 Å². The van der Waals surface area contributed by atoms with Gasteiger partial charge in [-0.15, -0.1) is 0 Å². The SMILES string of the molecule is CCN(CC)C(=O)CSc1[nH+]c(N)c(C#N)c(CC(C)C)c1C#N. The maximum Gasteiger partial charge on any atom is 0.289 e. The predicted octanol–water partition coefficient (Wildman–Crippen LogP) is 1.99. The predicted molar refractivity (Wildman–Crippen MR) is 94.0 cm³/mol. The van der Waals surface area contributed by atoms with Crippen LogP contribution in [0.2, 0.25) is 0 Å². The number of anilines is 1. The molecule has 0 aliphatic rings. The monoisotopic (exact) mass is 346 g/mol. The number of rotatable bonds is 7. The fraction of sp³-hybridized carbons (Fsp3) is 0.529. The van der Waals surface area contributed by atoms with Gasteiger partial charge < -0.3 is 4.90 Å². The largest absolute Gasteiger partial charge is 0.343 e. The van der Waals surface area contributed by atoms with E-state index >= 15 is 0 Å². The highest BCUT2D eigenvalue weighted by molar-refractivity contribution is 7.99. The molecule has 0 saturated heterocycles. The average molecular weight is 346 g/mol. The highest BCUT2D eigenvalue weighted by atomic mass is 32.2. The van der Waals surface area contributed by atoms with Gasteiger partial charge in [-0.2, -0.15) is 10.5 Å². The van der Waals surface area contributed by atoms with Crippen molar-refractivity contribution in [3.05, 3.63) is 16.7 Å². The van der Waals surface area contributed by atoms with Crippen LogP contribution in [0.25, 0.3) is 0 Å². The van der Waals surface area contributed by atoms with Crippen molar-refractivity contribution in [1.82, 2.24) is 4.90 Å². The molecular formula is C17H24N5OS+. The number of nitrogens with two attached hydrogens (primary N) is 1. The van der Waals surface area contributed by atoms with E-state index in [-0.39, 0.29) is 23.4 Å². The first-order valence-electron chi connectivity index (χ1n) is 7.97. The third-order valence-electron chi connectivity index (χ3n) is 3.64. The van der Waals surface area contributed by atoms with E-state index in [1.165, 1.54) is 11.8 Å². The fourth-order valence-corrected chi connectivity index (χ4v) is 3.39. The number of nitrogens with zero attached hydrogens (tertiary/aromatic N) is 3. The normalized spacial score (nSPS) is 10.3. The van der Waals surface area contributed by atoms with Crippen LogP contribution >= 0.6 is 11.8 Å². The van der Waals surface area contributed by atoms with Crippen LogP contribution in [0.5, 0.6) is 0 Å². The van der Waals surface area contributed by atoms with Crippen LogP contribution in [0.15, 0.2) is 5.03 Å². The molecule has 0 atom stereocenters. The molecule has 1 heterocycles. The Morgan fingerprint density at radius 3 is 2.29 bits per heavy atom. The molecule has 0 fully saturated rings. The van der Waals surface area contributed by atoms with E-state index in [2.05, 4.69) is 17.1 Å². The van der Waals surface area contributed by atoms with Gasteiger partial charge in [0.05, 0.1) is 5.75 Å². The minimum atomic E-state index is 0.00984. The van der Waals surface area contributed by atoms with E-state index in [0.717, 1.165) is 0 Å². The summed E-state index contributed by atoms with van der Waals surface area (Å²) < 4.78 is 0. The molecular weight excluding hydrogens is 322 g/mol. The van der Waals surface area contributed by atoms with Gasteiger partial charge in [-0.05, 0) is 26.2 Å². The highest BCUT2D eigenvalue weighted by Crippen LogP contribution is 2.27. The Kier molecular flexibility index (Phi) is 7.54. The Labute approximate surface area is 147 Å². The topological polar surface area (TPSA) is 108 Å². The summed E-state index contributed by atoms with van der Waals surface area (Å²) in [5.74, 6) is 0.751. The summed E-state index contributed by atoms with van der Waals surface area (Å²) in [6.45, 7) is 9.20. The summed E-state index contributed by atoms with van der Waals surface area (Å²) in [4.78, 5) is 16.8. The molecule has 1 aromatic heterocycles. The van der Waals surface area contributed by atoms with Crippen molar-refractivity contribution in [3.8, 4) is 12.1 Å². The Morgan fingerprint density at radius 2 is 1.83 bits per heavy atom. The minimum Gasteiger partial charge on any atom is -0.343 e. The number of aromatic amines is 1. The average Bonchev–Trinajstić information content (AvgIpc) is 2.53. The number of carbonyl (C=O) groups is 1. The summed E-state index contributed by atoms with van der Waals surface area (Å²) in [7, 11) is 0. The first-order valence-corrected chi connectivity index (χ1v) is 8.96. The second-order valence-electron chi connectivity index (χ2n) is 5.77. The summed E-state index contributed by atoms with van der Waals surface area (Å²) in [6, 6.07) is 4.25. The van der Waals surface area contributed by atoms with Gasteiger partial charge in [-0.25, -0.2) is 4.98 Å². The van der Waals surface area contributed by atoms with Crippen LogP contribution in [-0.4, -0.2) is 29.6 Å². The lowest BCUT2D eigenvalue weighted by molar-refractivity contribution is -0.410. The zero-order chi connectivity index (χ0) is 18.3. The van der Waals surface area contributed by atoms with E-state index in [0.29, 0.717) is 41.2 Å². The summed E-state index contributed by atoms with van der Waals surface area (Å²) >= 11 is 1.25. The number of amides is 1. The number of nitriles is 2. The van der Waals surface area contributed by atoms with Crippen LogP contribution in [-0.2, 0) is 11.2 Å². The lowest BCUT2D eigenvalue weighted by Gasteiger charge is -2.18. The molecule has 1 rings (SSSR count). The Morgan fingerprint density at radius 1 is 1.25 bits per heavy atom. The molecule has 7 heteroatoms. The molecule has 0 bridgehead atoms. The number of hydrogen-bond donors (Lipinski definition) is 1. The van der Waals surface area contributed by atoms with Gasteiger partial charge in [-0.3, -0.25) is 10.5 Å². The van der Waals surface area contributed by atoms with Crippen LogP contribution in [0.3, 0.4) is 0 Å². The molecule has 0 aromatic carbocycles. The minimum absolute atomic E-state index is 0.00984. The van der Waals surface area contributed by atoms with E-state index in [4.69, 9.17) is 5.73 Å². The van der Waals surface area contributed by atoms with Crippen molar-refractivity contribution in [2.75, 3.05) is 24.6 Å². The van der Waals surface area contributed by atoms with Crippen molar-refractivity contribution in [3.63, 3.8) is 0 Å². The van der Waals surface area contributed by atoms with E-state index in [9.17, 15) is 15.3 Å². The lowest BCUT2D eigenvalue weighted by atomic mass is 9.95. The number of H-pyrrole nitrogens is 1. The van der Waals surface area contributed by atoms with Crippen molar-refractivity contribution in [2.45, 2.75) is 39.1 Å².